The van der Waals surface area contributed by atoms with Crippen LogP contribution < -0.4 is 11.2 Å². The number of hydrogen-bond donors (Lipinski definition) is 2. The van der Waals surface area contributed by atoms with Crippen molar-refractivity contribution in [1.29, 1.82) is 0 Å². The van der Waals surface area contributed by atoms with Gasteiger partial charge in [-0.3, -0.25) is 14.3 Å². The lowest BCUT2D eigenvalue weighted by molar-refractivity contribution is 0.00409. The van der Waals surface area contributed by atoms with Gasteiger partial charge >= 0.3 is 5.69 Å². The number of aromatic amines is 1. The molecule has 0 bridgehead atoms. The summed E-state index contributed by atoms with van der Waals surface area (Å²) in [7, 11) is 0. The highest BCUT2D eigenvalue weighted by atomic mass is 16.5. The highest BCUT2D eigenvalue weighted by molar-refractivity contribution is 5.13. The number of ether oxygens (including phenoxy) is 1. The molecule has 1 aromatic heterocycles. The van der Waals surface area contributed by atoms with E-state index in [1.165, 1.54) is 10.8 Å². The molecule has 1 aliphatic rings. The zero-order chi connectivity index (χ0) is 13.8. The van der Waals surface area contributed by atoms with Gasteiger partial charge in [-0.2, -0.15) is 0 Å². The summed E-state index contributed by atoms with van der Waals surface area (Å²) in [5.41, 5.74) is 0.590. The average molecular weight is 266 g/mol. The molecular formula is C13H18N2O4. The van der Waals surface area contributed by atoms with E-state index in [0.29, 0.717) is 5.56 Å². The molecule has 1 aromatic rings. The van der Waals surface area contributed by atoms with Crippen molar-refractivity contribution in [3.63, 3.8) is 0 Å². The van der Waals surface area contributed by atoms with Crippen molar-refractivity contribution in [1.82, 2.24) is 9.55 Å². The molecule has 2 N–H and O–H groups in total. The fraction of sp³-hybridized carbons (Fsp3) is 0.538. The zero-order valence-corrected chi connectivity index (χ0v) is 10.9. The Morgan fingerprint density at radius 1 is 1.53 bits per heavy atom. The Bertz CT molecular complexity index is 585. The number of rotatable bonds is 5. The Balaban J connectivity index is 2.40. The first kappa shape index (κ1) is 13.8. The molecule has 0 saturated carbocycles. The first-order valence-electron chi connectivity index (χ1n) is 6.37. The molecule has 6 heteroatoms. The fourth-order valence-corrected chi connectivity index (χ4v) is 2.21. The molecule has 2 rings (SSSR count). The molecule has 1 aliphatic carbocycles. The molecule has 1 unspecified atom stereocenters. The normalized spacial score (nSPS) is 16.4. The van der Waals surface area contributed by atoms with E-state index in [-0.39, 0.29) is 18.8 Å². The summed E-state index contributed by atoms with van der Waals surface area (Å²) in [4.78, 5) is 25.5. The van der Waals surface area contributed by atoms with Gasteiger partial charge in [0.2, 0.25) is 0 Å². The minimum absolute atomic E-state index is 0.110. The standard InChI is InChI=1S/C13H18N2O4/c1-9-8-15(13(18)14-11(9)17)12(19-7-6-16)10-4-2-3-5-10/h4,8,12,16H,2-3,5-7H2,1H3,(H,14,17,18). The van der Waals surface area contributed by atoms with E-state index in [2.05, 4.69) is 11.1 Å². The predicted octanol–water partition coefficient (Wildman–Crippen LogP) is 0.463. The summed E-state index contributed by atoms with van der Waals surface area (Å²) in [6.45, 7) is 1.67. The Morgan fingerprint density at radius 2 is 2.32 bits per heavy atom. The highest BCUT2D eigenvalue weighted by Gasteiger charge is 2.21. The molecule has 0 saturated heterocycles. The number of nitrogens with one attached hydrogen (secondary N) is 1. The summed E-state index contributed by atoms with van der Waals surface area (Å²) in [6, 6.07) is 0. The number of aliphatic hydroxyl groups excluding tert-OH is 1. The van der Waals surface area contributed by atoms with Gasteiger partial charge in [0.1, 0.15) is 0 Å². The van der Waals surface area contributed by atoms with E-state index < -0.39 is 11.9 Å². The molecule has 0 radical (unpaired) electrons. The summed E-state index contributed by atoms with van der Waals surface area (Å²) in [5.74, 6) is 0. The van der Waals surface area contributed by atoms with Crippen molar-refractivity contribution >= 4 is 0 Å². The van der Waals surface area contributed by atoms with Crippen LogP contribution in [0.25, 0.3) is 0 Å². The molecule has 0 amide bonds. The van der Waals surface area contributed by atoms with Gasteiger partial charge in [-0.1, -0.05) is 6.08 Å². The first-order valence-corrected chi connectivity index (χ1v) is 6.37. The Morgan fingerprint density at radius 3 is 2.95 bits per heavy atom. The first-order chi connectivity index (χ1) is 9.13. The minimum Gasteiger partial charge on any atom is -0.394 e. The molecule has 6 nitrogen and oxygen atoms in total. The van der Waals surface area contributed by atoms with Crippen LogP contribution in [-0.4, -0.2) is 27.9 Å². The Kier molecular flexibility index (Phi) is 4.34. The average Bonchev–Trinajstić information content (AvgIpc) is 2.89. The number of hydrogen-bond acceptors (Lipinski definition) is 4. The molecular weight excluding hydrogens is 248 g/mol. The van der Waals surface area contributed by atoms with E-state index in [4.69, 9.17) is 9.84 Å². The number of aromatic nitrogens is 2. The van der Waals surface area contributed by atoms with E-state index in [0.717, 1.165) is 24.8 Å². The van der Waals surface area contributed by atoms with E-state index in [9.17, 15) is 9.59 Å². The van der Waals surface area contributed by atoms with E-state index in [1.807, 2.05) is 0 Å². The van der Waals surface area contributed by atoms with Crippen LogP contribution in [0.3, 0.4) is 0 Å². The largest absolute Gasteiger partial charge is 0.394 e. The van der Waals surface area contributed by atoms with Crippen LogP contribution in [0.15, 0.2) is 27.4 Å². The smallest absolute Gasteiger partial charge is 0.330 e. The van der Waals surface area contributed by atoms with Crippen LogP contribution >= 0.6 is 0 Å². The monoisotopic (exact) mass is 266 g/mol. The molecule has 1 heterocycles. The maximum absolute atomic E-state index is 11.9. The van der Waals surface area contributed by atoms with Crippen molar-refractivity contribution in [2.24, 2.45) is 0 Å². The van der Waals surface area contributed by atoms with Crippen LogP contribution in [0.1, 0.15) is 31.1 Å². The van der Waals surface area contributed by atoms with Crippen LogP contribution in [0.4, 0.5) is 0 Å². The SMILES string of the molecule is Cc1cn(C(OCCO)C2=CCCC2)c(=O)[nH]c1=O. The molecule has 0 aliphatic heterocycles. The van der Waals surface area contributed by atoms with Crippen LogP contribution in [0.5, 0.6) is 0 Å². The van der Waals surface area contributed by atoms with Crippen molar-refractivity contribution < 1.29 is 9.84 Å². The maximum atomic E-state index is 11.9. The van der Waals surface area contributed by atoms with Crippen molar-refractivity contribution in [2.45, 2.75) is 32.4 Å². The second kappa shape index (κ2) is 5.99. The molecule has 1 atom stereocenters. The number of aryl methyl sites for hydroxylation is 1. The van der Waals surface area contributed by atoms with Crippen molar-refractivity contribution in [3.8, 4) is 0 Å². The quantitative estimate of drug-likeness (QED) is 0.758. The lowest BCUT2D eigenvalue weighted by Crippen LogP contribution is -2.35. The number of aliphatic hydroxyl groups is 1. The van der Waals surface area contributed by atoms with Gasteiger partial charge in [0.25, 0.3) is 5.56 Å². The molecule has 0 aromatic carbocycles. The van der Waals surface area contributed by atoms with Gasteiger partial charge < -0.3 is 9.84 Å². The highest BCUT2D eigenvalue weighted by Crippen LogP contribution is 2.28. The van der Waals surface area contributed by atoms with Crippen LogP contribution in [0.2, 0.25) is 0 Å². The van der Waals surface area contributed by atoms with E-state index in [1.54, 1.807) is 6.92 Å². The van der Waals surface area contributed by atoms with Gasteiger partial charge in [0, 0.05) is 11.8 Å². The van der Waals surface area contributed by atoms with Crippen LogP contribution in [-0.2, 0) is 4.74 Å². The third kappa shape index (κ3) is 3.02. The van der Waals surface area contributed by atoms with Crippen molar-refractivity contribution in [2.75, 3.05) is 13.2 Å². The Hall–Kier alpha value is -1.66. The van der Waals surface area contributed by atoms with E-state index >= 15 is 0 Å². The van der Waals surface area contributed by atoms with Gasteiger partial charge in [0.05, 0.1) is 13.2 Å². The summed E-state index contributed by atoms with van der Waals surface area (Å²) < 4.78 is 6.94. The third-order valence-electron chi connectivity index (χ3n) is 3.16. The summed E-state index contributed by atoms with van der Waals surface area (Å²) in [6.07, 6.45) is 5.87. The molecule has 0 spiro atoms. The third-order valence-corrected chi connectivity index (χ3v) is 3.16. The number of nitrogens with zero attached hydrogens (tertiary/aromatic N) is 1. The summed E-state index contributed by atoms with van der Waals surface area (Å²) in [5, 5.41) is 8.88. The molecule has 0 fully saturated rings. The lowest BCUT2D eigenvalue weighted by Gasteiger charge is -2.21. The fourth-order valence-electron chi connectivity index (χ4n) is 2.21. The second-order valence-electron chi connectivity index (χ2n) is 4.60. The number of allylic oxidation sites excluding steroid dienone is 1. The second-order valence-corrected chi connectivity index (χ2v) is 4.60. The van der Waals surface area contributed by atoms with Crippen molar-refractivity contribution in [3.05, 3.63) is 44.2 Å². The minimum atomic E-state index is -0.544. The maximum Gasteiger partial charge on any atom is 0.330 e. The predicted molar refractivity (Wildman–Crippen MR) is 70.1 cm³/mol. The molecule has 19 heavy (non-hydrogen) atoms. The van der Waals surface area contributed by atoms with Gasteiger partial charge in [-0.15, -0.1) is 0 Å². The molecule has 104 valence electrons. The van der Waals surface area contributed by atoms with Gasteiger partial charge in [0.15, 0.2) is 6.23 Å². The topological polar surface area (TPSA) is 84.3 Å². The van der Waals surface area contributed by atoms with Crippen LogP contribution in [0, 0.1) is 6.92 Å². The Labute approximate surface area is 110 Å². The van der Waals surface area contributed by atoms with Gasteiger partial charge in [-0.25, -0.2) is 4.79 Å². The summed E-state index contributed by atoms with van der Waals surface area (Å²) >= 11 is 0. The zero-order valence-electron chi connectivity index (χ0n) is 10.9. The lowest BCUT2D eigenvalue weighted by atomic mass is 10.2. The van der Waals surface area contributed by atoms with Gasteiger partial charge in [-0.05, 0) is 31.8 Å². The number of H-pyrrole nitrogens is 1.